The van der Waals surface area contributed by atoms with Gasteiger partial charge in [-0.25, -0.2) is 0 Å². The molecule has 0 saturated heterocycles. The van der Waals surface area contributed by atoms with Gasteiger partial charge in [0.1, 0.15) is 11.5 Å². The Morgan fingerprint density at radius 1 is 1.50 bits per heavy atom. The summed E-state index contributed by atoms with van der Waals surface area (Å²) in [6, 6.07) is 5.59. The Bertz CT molecular complexity index is 506. The average Bonchev–Trinajstić information content (AvgIpc) is 2.71. The number of hydrogen-bond acceptors (Lipinski definition) is 3. The van der Waals surface area contributed by atoms with Crippen LogP contribution in [0.5, 0.6) is 5.75 Å². The van der Waals surface area contributed by atoms with Crippen molar-refractivity contribution in [1.29, 1.82) is 0 Å². The van der Waals surface area contributed by atoms with Gasteiger partial charge in [-0.3, -0.25) is 0 Å². The van der Waals surface area contributed by atoms with Crippen LogP contribution in [-0.4, -0.2) is 12.1 Å². The summed E-state index contributed by atoms with van der Waals surface area (Å²) in [6.45, 7) is 5.91. The van der Waals surface area contributed by atoms with Crippen LogP contribution in [0.4, 0.5) is 0 Å². The summed E-state index contributed by atoms with van der Waals surface area (Å²) in [4.78, 5) is 0. The fourth-order valence-corrected chi connectivity index (χ4v) is 1.75. The molecule has 0 unspecified atom stereocenters. The van der Waals surface area contributed by atoms with Gasteiger partial charge in [-0.1, -0.05) is 30.9 Å². The summed E-state index contributed by atoms with van der Waals surface area (Å²) in [5.74, 6) is 1.46. The third kappa shape index (κ3) is 2.91. The molecule has 92 valence electrons. The lowest BCUT2D eigenvalue weighted by molar-refractivity contribution is 0.275. The van der Waals surface area contributed by atoms with Crippen LogP contribution >= 0.6 is 0 Å². The van der Waals surface area contributed by atoms with Gasteiger partial charge < -0.3 is 14.4 Å². The zero-order valence-electron chi connectivity index (χ0n) is 10.3. The highest BCUT2D eigenvalue weighted by atomic mass is 16.5. The Balaban J connectivity index is 2.11. The number of benzene rings is 1. The molecule has 0 saturated carbocycles. The fourth-order valence-electron chi connectivity index (χ4n) is 1.75. The lowest BCUT2D eigenvalue weighted by Gasteiger charge is -2.07. The third-order valence-corrected chi connectivity index (χ3v) is 2.64. The topological polar surface area (TPSA) is 38.7 Å². The fraction of sp³-hybridized carbons (Fsp3) is 0.143. The van der Waals surface area contributed by atoms with Crippen molar-refractivity contribution in [1.82, 2.24) is 0 Å². The summed E-state index contributed by atoms with van der Waals surface area (Å²) in [7, 11) is -0.839. The molecule has 1 aromatic rings. The Hall–Kier alpha value is -1.78. The van der Waals surface area contributed by atoms with Crippen LogP contribution in [0.2, 0.25) is 0 Å². The van der Waals surface area contributed by atoms with E-state index in [2.05, 4.69) is 6.58 Å². The average molecular weight is 242 g/mol. The summed E-state index contributed by atoms with van der Waals surface area (Å²) < 4.78 is 10.8. The SMILES string of the molecule is C=C/C=C\C=C(/C)Oc1ccc2c(c1)B(O)OC2. The van der Waals surface area contributed by atoms with Gasteiger partial charge >= 0.3 is 7.12 Å². The zero-order chi connectivity index (χ0) is 13.0. The maximum atomic E-state index is 9.60. The van der Waals surface area contributed by atoms with E-state index in [0.717, 1.165) is 16.8 Å². The molecule has 0 bridgehead atoms. The van der Waals surface area contributed by atoms with Gasteiger partial charge in [0.2, 0.25) is 0 Å². The van der Waals surface area contributed by atoms with E-state index in [1.54, 1.807) is 6.08 Å². The van der Waals surface area contributed by atoms with Crippen molar-refractivity contribution >= 4 is 12.6 Å². The van der Waals surface area contributed by atoms with E-state index >= 15 is 0 Å². The van der Waals surface area contributed by atoms with Gasteiger partial charge in [0, 0.05) is 0 Å². The molecule has 4 heteroatoms. The highest BCUT2D eigenvalue weighted by Crippen LogP contribution is 2.18. The molecule has 0 atom stereocenters. The maximum Gasteiger partial charge on any atom is 0.491 e. The Morgan fingerprint density at radius 3 is 3.11 bits per heavy atom. The van der Waals surface area contributed by atoms with Crippen LogP contribution < -0.4 is 10.2 Å². The van der Waals surface area contributed by atoms with E-state index < -0.39 is 7.12 Å². The first kappa shape index (κ1) is 12.7. The Morgan fingerprint density at radius 2 is 2.33 bits per heavy atom. The van der Waals surface area contributed by atoms with Crippen LogP contribution in [0, 0.1) is 0 Å². The molecular weight excluding hydrogens is 227 g/mol. The molecule has 0 spiro atoms. The van der Waals surface area contributed by atoms with E-state index in [1.807, 2.05) is 43.4 Å². The number of ether oxygens (including phenoxy) is 1. The molecule has 1 aliphatic heterocycles. The van der Waals surface area contributed by atoms with Crippen LogP contribution in [-0.2, 0) is 11.3 Å². The summed E-state index contributed by atoms with van der Waals surface area (Å²) in [6.07, 6.45) is 7.23. The van der Waals surface area contributed by atoms with E-state index in [1.165, 1.54) is 0 Å². The normalized spacial score (nSPS) is 15.0. The first-order valence-corrected chi connectivity index (χ1v) is 5.77. The highest BCUT2D eigenvalue weighted by Gasteiger charge is 2.27. The number of hydrogen-bond donors (Lipinski definition) is 1. The zero-order valence-corrected chi connectivity index (χ0v) is 10.3. The minimum Gasteiger partial charge on any atom is -0.462 e. The van der Waals surface area contributed by atoms with Crippen molar-refractivity contribution in [2.24, 2.45) is 0 Å². The Kier molecular flexibility index (Phi) is 4.02. The van der Waals surface area contributed by atoms with Gasteiger partial charge in [-0.15, -0.1) is 0 Å². The monoisotopic (exact) mass is 242 g/mol. The van der Waals surface area contributed by atoms with Crippen molar-refractivity contribution in [3.05, 3.63) is 60.4 Å². The molecule has 1 heterocycles. The van der Waals surface area contributed by atoms with Gasteiger partial charge in [0.15, 0.2) is 0 Å². The summed E-state index contributed by atoms with van der Waals surface area (Å²) in [5.41, 5.74) is 1.78. The predicted octanol–water partition coefficient (Wildman–Crippen LogP) is 1.93. The maximum absolute atomic E-state index is 9.60. The smallest absolute Gasteiger partial charge is 0.462 e. The largest absolute Gasteiger partial charge is 0.491 e. The van der Waals surface area contributed by atoms with E-state index in [9.17, 15) is 5.02 Å². The number of allylic oxidation sites excluding steroid dienone is 5. The molecule has 1 N–H and O–H groups in total. The molecule has 3 nitrogen and oxygen atoms in total. The molecule has 1 aromatic carbocycles. The van der Waals surface area contributed by atoms with Crippen molar-refractivity contribution in [2.75, 3.05) is 0 Å². The van der Waals surface area contributed by atoms with Crippen molar-refractivity contribution in [2.45, 2.75) is 13.5 Å². The molecular formula is C14H15BO3. The standard InChI is InChI=1S/C14H15BO3/c1-3-4-5-6-11(2)18-13-8-7-12-10-17-15(16)14(12)9-13/h3-9,16H,1,10H2,2H3/b5-4-,11-6+. The van der Waals surface area contributed by atoms with E-state index in [4.69, 9.17) is 9.39 Å². The van der Waals surface area contributed by atoms with Gasteiger partial charge in [0.05, 0.1) is 6.61 Å². The van der Waals surface area contributed by atoms with Crippen molar-refractivity contribution < 1.29 is 14.4 Å². The Labute approximate surface area is 107 Å². The summed E-state index contributed by atoms with van der Waals surface area (Å²) >= 11 is 0. The quantitative estimate of drug-likeness (QED) is 0.498. The van der Waals surface area contributed by atoms with E-state index in [0.29, 0.717) is 12.4 Å². The van der Waals surface area contributed by atoms with Crippen molar-refractivity contribution in [3.8, 4) is 5.75 Å². The molecule has 0 amide bonds. The second-order valence-corrected chi connectivity index (χ2v) is 4.02. The molecule has 1 aliphatic rings. The number of fused-ring (bicyclic) bond motifs is 1. The molecule has 2 rings (SSSR count). The van der Waals surface area contributed by atoms with Crippen LogP contribution in [0.1, 0.15) is 12.5 Å². The first-order valence-electron chi connectivity index (χ1n) is 5.77. The number of rotatable bonds is 4. The van der Waals surface area contributed by atoms with Crippen molar-refractivity contribution in [3.63, 3.8) is 0 Å². The van der Waals surface area contributed by atoms with Gasteiger partial charge in [-0.05, 0) is 36.2 Å². The minimum atomic E-state index is -0.839. The van der Waals surface area contributed by atoms with Gasteiger partial charge in [-0.2, -0.15) is 0 Å². The summed E-state index contributed by atoms with van der Waals surface area (Å²) in [5, 5.41) is 9.60. The lowest BCUT2D eigenvalue weighted by Crippen LogP contribution is -2.27. The molecule has 0 fully saturated rings. The molecule has 0 aliphatic carbocycles. The van der Waals surface area contributed by atoms with Crippen LogP contribution in [0.15, 0.2) is 54.8 Å². The molecule has 0 aromatic heterocycles. The predicted molar refractivity (Wildman–Crippen MR) is 72.6 cm³/mol. The minimum absolute atomic E-state index is 0.452. The lowest BCUT2D eigenvalue weighted by atomic mass is 9.79. The molecule has 18 heavy (non-hydrogen) atoms. The third-order valence-electron chi connectivity index (χ3n) is 2.64. The second kappa shape index (κ2) is 5.71. The van der Waals surface area contributed by atoms with E-state index in [-0.39, 0.29) is 0 Å². The second-order valence-electron chi connectivity index (χ2n) is 4.02. The first-order chi connectivity index (χ1) is 8.70. The highest BCUT2D eigenvalue weighted by molar-refractivity contribution is 6.61. The molecule has 0 radical (unpaired) electrons. The van der Waals surface area contributed by atoms with Gasteiger partial charge in [0.25, 0.3) is 0 Å². The van der Waals surface area contributed by atoms with Crippen LogP contribution in [0.25, 0.3) is 0 Å². The van der Waals surface area contributed by atoms with Crippen LogP contribution in [0.3, 0.4) is 0 Å².